The van der Waals surface area contributed by atoms with Crippen molar-refractivity contribution in [2.24, 2.45) is 5.73 Å². The third-order valence-corrected chi connectivity index (χ3v) is 5.10. The zero-order valence-corrected chi connectivity index (χ0v) is 20.0. The Hall–Kier alpha value is -3.55. The second-order valence-corrected chi connectivity index (χ2v) is 7.33. The van der Waals surface area contributed by atoms with Crippen molar-refractivity contribution in [2.45, 2.75) is 26.1 Å². The molecule has 0 aliphatic heterocycles. The van der Waals surface area contributed by atoms with Gasteiger partial charge in [0.05, 0.1) is 34.5 Å². The molecule has 0 atom stereocenters. The summed E-state index contributed by atoms with van der Waals surface area (Å²) in [5.41, 5.74) is 9.01. The molecule has 0 saturated heterocycles. The monoisotopic (exact) mass is 467 g/mol. The maximum absolute atomic E-state index is 10.7. The Morgan fingerprint density at radius 3 is 2.12 bits per heavy atom. The highest BCUT2D eigenvalue weighted by Gasteiger charge is 2.13. The average molecular weight is 468 g/mol. The van der Waals surface area contributed by atoms with E-state index in [0.717, 1.165) is 35.3 Å². The van der Waals surface area contributed by atoms with Crippen LogP contribution >= 0.6 is 0 Å². The van der Waals surface area contributed by atoms with E-state index < -0.39 is 0 Å². The summed E-state index contributed by atoms with van der Waals surface area (Å²) >= 11 is 0. The molecule has 0 heterocycles. The lowest BCUT2D eigenvalue weighted by molar-refractivity contribution is -0.107. The van der Waals surface area contributed by atoms with Crippen molar-refractivity contribution in [3.8, 4) is 23.0 Å². The van der Waals surface area contributed by atoms with Gasteiger partial charge in [0, 0.05) is 12.0 Å². The molecule has 3 aromatic carbocycles. The molecule has 3 aromatic rings. The number of benzene rings is 3. The van der Waals surface area contributed by atoms with Gasteiger partial charge >= 0.3 is 0 Å². The van der Waals surface area contributed by atoms with E-state index in [1.807, 2.05) is 48.5 Å². The molecule has 0 aromatic heterocycles. The van der Waals surface area contributed by atoms with Crippen molar-refractivity contribution in [1.82, 2.24) is 0 Å². The van der Waals surface area contributed by atoms with Gasteiger partial charge in [-0.25, -0.2) is 0 Å². The number of carbonyl (C=O) groups excluding carboxylic acids is 1. The number of ether oxygens (including phenoxy) is 4. The Bertz CT molecular complexity index is 1020. The van der Waals surface area contributed by atoms with Crippen LogP contribution in [-0.2, 0) is 35.6 Å². The summed E-state index contributed by atoms with van der Waals surface area (Å²) in [6, 6.07) is 19.0. The van der Waals surface area contributed by atoms with Crippen LogP contribution in [-0.4, -0.2) is 39.3 Å². The summed E-state index contributed by atoms with van der Waals surface area (Å²) in [5, 5.41) is 10.2. The lowest BCUT2D eigenvalue weighted by atomic mass is 10.0. The minimum absolute atomic E-state index is 0.0323. The smallest absolute Gasteiger partial charge is 0.163 e. The highest BCUT2D eigenvalue weighted by atomic mass is 16.5. The molecule has 0 radical (unpaired) electrons. The zero-order chi connectivity index (χ0) is 24.8. The van der Waals surface area contributed by atoms with Crippen molar-refractivity contribution < 1.29 is 28.8 Å². The van der Waals surface area contributed by atoms with Crippen molar-refractivity contribution in [1.29, 1.82) is 0 Å². The molecule has 182 valence electrons. The molecule has 34 heavy (non-hydrogen) atoms. The van der Waals surface area contributed by atoms with Gasteiger partial charge in [0.15, 0.2) is 23.0 Å². The number of carbonyl (C=O) groups is 1. The van der Waals surface area contributed by atoms with Crippen LogP contribution in [0.1, 0.15) is 22.3 Å². The van der Waals surface area contributed by atoms with Gasteiger partial charge in [-0.3, -0.25) is 0 Å². The van der Waals surface area contributed by atoms with E-state index >= 15 is 0 Å². The summed E-state index contributed by atoms with van der Waals surface area (Å²) in [6.45, 7) is 1.31. The predicted octanol–water partition coefficient (Wildman–Crippen LogP) is 4.06. The molecule has 7 heteroatoms. The molecule has 0 saturated carbocycles. The predicted molar refractivity (Wildman–Crippen MR) is 132 cm³/mol. The van der Waals surface area contributed by atoms with Gasteiger partial charge < -0.3 is 34.6 Å². The van der Waals surface area contributed by atoms with Crippen molar-refractivity contribution >= 4 is 6.29 Å². The van der Waals surface area contributed by atoms with E-state index in [-0.39, 0.29) is 18.8 Å². The number of hydrogen-bond donors (Lipinski definition) is 2. The highest BCUT2D eigenvalue weighted by molar-refractivity contribution is 5.60. The first-order chi connectivity index (χ1) is 16.6. The van der Waals surface area contributed by atoms with Crippen molar-refractivity contribution in [3.05, 3.63) is 82.9 Å². The second-order valence-electron chi connectivity index (χ2n) is 7.33. The van der Waals surface area contributed by atoms with Crippen molar-refractivity contribution in [2.75, 3.05) is 27.9 Å². The summed E-state index contributed by atoms with van der Waals surface area (Å²) < 4.78 is 21.0. The van der Waals surface area contributed by atoms with Crippen LogP contribution in [0.3, 0.4) is 0 Å². The molecule has 7 nitrogen and oxygen atoms in total. The lowest BCUT2D eigenvalue weighted by Gasteiger charge is -2.13. The van der Waals surface area contributed by atoms with Gasteiger partial charge in [-0.05, 0) is 47.9 Å². The topological polar surface area (TPSA) is 100 Å². The van der Waals surface area contributed by atoms with Gasteiger partial charge in [0.25, 0.3) is 0 Å². The fraction of sp³-hybridized carbons (Fsp3) is 0.296. The summed E-state index contributed by atoms with van der Waals surface area (Å²) in [6.07, 6.45) is 1.91. The van der Waals surface area contributed by atoms with Gasteiger partial charge in [0.1, 0.15) is 6.29 Å². The summed E-state index contributed by atoms with van der Waals surface area (Å²) in [7, 11) is 4.74. The van der Waals surface area contributed by atoms with Crippen LogP contribution in [0.15, 0.2) is 60.7 Å². The standard InChI is InChI=1S/C17H18O4.C10H15NO2/c1-20-16-8-7-14(9-10-18)15(17(16)19)12-21-11-13-5-3-2-4-6-13;1-12-9-4-3-8(5-6-11)7-10(9)13-2/h2-8,10,19H,9,11-12H2,1H3;3-4,7H,5-6,11H2,1-2H3. The molecule has 0 bridgehead atoms. The quantitative estimate of drug-likeness (QED) is 0.410. The molecule has 0 aliphatic carbocycles. The molecular formula is C27H33NO6. The number of aldehydes is 1. The molecular weight excluding hydrogens is 434 g/mol. The van der Waals surface area contributed by atoms with Gasteiger partial charge in [-0.2, -0.15) is 0 Å². The molecule has 3 N–H and O–H groups in total. The van der Waals surface area contributed by atoms with E-state index in [2.05, 4.69) is 0 Å². The summed E-state index contributed by atoms with van der Waals surface area (Å²) in [4.78, 5) is 10.7. The van der Waals surface area contributed by atoms with Crippen molar-refractivity contribution in [3.63, 3.8) is 0 Å². The minimum atomic E-state index is 0.0323. The highest BCUT2D eigenvalue weighted by Crippen LogP contribution is 2.33. The fourth-order valence-electron chi connectivity index (χ4n) is 3.31. The maximum Gasteiger partial charge on any atom is 0.163 e. The van der Waals surface area contributed by atoms with E-state index in [0.29, 0.717) is 24.5 Å². The normalized spacial score (nSPS) is 10.1. The summed E-state index contributed by atoms with van der Waals surface area (Å²) in [5.74, 6) is 1.92. The van der Waals surface area contributed by atoms with E-state index in [1.165, 1.54) is 12.7 Å². The Morgan fingerprint density at radius 1 is 0.824 bits per heavy atom. The number of methoxy groups -OCH3 is 3. The first kappa shape index (κ1) is 26.7. The Morgan fingerprint density at radius 2 is 1.50 bits per heavy atom. The Labute approximate surface area is 201 Å². The molecule has 0 unspecified atom stereocenters. The fourth-order valence-corrected chi connectivity index (χ4v) is 3.31. The minimum Gasteiger partial charge on any atom is -0.504 e. The first-order valence-corrected chi connectivity index (χ1v) is 10.9. The second kappa shape index (κ2) is 14.6. The Kier molecular flexibility index (Phi) is 11.4. The van der Waals surface area contributed by atoms with Crippen LogP contribution in [0.4, 0.5) is 0 Å². The number of phenolic OH excluding ortho intramolecular Hbond substituents is 1. The van der Waals surface area contributed by atoms with Crippen LogP contribution in [0, 0.1) is 0 Å². The van der Waals surface area contributed by atoms with Crippen LogP contribution in [0.25, 0.3) is 0 Å². The molecule has 0 amide bonds. The number of phenols is 1. The maximum atomic E-state index is 10.7. The number of rotatable bonds is 11. The SMILES string of the molecule is COc1ccc(CC=O)c(COCc2ccccc2)c1O.COc1ccc(CCN)cc1OC. The molecule has 3 rings (SSSR count). The van der Waals surface area contributed by atoms with Gasteiger partial charge in [-0.15, -0.1) is 0 Å². The zero-order valence-electron chi connectivity index (χ0n) is 20.0. The van der Waals surface area contributed by atoms with E-state index in [4.69, 9.17) is 24.7 Å². The largest absolute Gasteiger partial charge is 0.504 e. The molecule has 0 spiro atoms. The average Bonchev–Trinajstić information content (AvgIpc) is 2.87. The van der Waals surface area contributed by atoms with Gasteiger partial charge in [-0.1, -0.05) is 42.5 Å². The number of nitrogens with two attached hydrogens (primary N) is 1. The van der Waals surface area contributed by atoms with E-state index in [1.54, 1.807) is 26.4 Å². The number of hydrogen-bond acceptors (Lipinski definition) is 7. The third kappa shape index (κ3) is 7.79. The molecule has 0 fully saturated rings. The van der Waals surface area contributed by atoms with E-state index in [9.17, 15) is 9.90 Å². The Balaban J connectivity index is 0.000000270. The first-order valence-electron chi connectivity index (χ1n) is 10.9. The van der Waals surface area contributed by atoms with Crippen LogP contribution in [0.2, 0.25) is 0 Å². The lowest BCUT2D eigenvalue weighted by Crippen LogP contribution is -2.03. The third-order valence-electron chi connectivity index (χ3n) is 5.10. The number of aromatic hydroxyl groups is 1. The van der Waals surface area contributed by atoms with Crippen LogP contribution in [0.5, 0.6) is 23.0 Å². The molecule has 0 aliphatic rings. The van der Waals surface area contributed by atoms with Crippen LogP contribution < -0.4 is 19.9 Å². The van der Waals surface area contributed by atoms with Gasteiger partial charge in [0.2, 0.25) is 0 Å².